The molecule has 0 saturated heterocycles. The summed E-state index contributed by atoms with van der Waals surface area (Å²) in [6, 6.07) is 9.09. The van der Waals surface area contributed by atoms with Crippen LogP contribution in [0.2, 0.25) is 10.0 Å². The van der Waals surface area contributed by atoms with Gasteiger partial charge in [0, 0.05) is 17.1 Å². The SMILES string of the molecule is C[C@@H](N)c1ccc(Oc2cc(Cl)ccc2Cl)c(F)c1. The molecule has 0 amide bonds. The van der Waals surface area contributed by atoms with Gasteiger partial charge >= 0.3 is 0 Å². The van der Waals surface area contributed by atoms with Crippen LogP contribution in [0.25, 0.3) is 0 Å². The van der Waals surface area contributed by atoms with Crippen LogP contribution in [0.3, 0.4) is 0 Å². The summed E-state index contributed by atoms with van der Waals surface area (Å²) in [5.74, 6) is -0.110. The van der Waals surface area contributed by atoms with Gasteiger partial charge in [-0.1, -0.05) is 29.3 Å². The Hall–Kier alpha value is -1.29. The molecule has 0 spiro atoms. The topological polar surface area (TPSA) is 35.2 Å². The summed E-state index contributed by atoms with van der Waals surface area (Å²) >= 11 is 11.8. The molecule has 19 heavy (non-hydrogen) atoms. The number of hydrogen-bond donors (Lipinski definition) is 1. The lowest BCUT2D eigenvalue weighted by molar-refractivity contribution is 0.441. The van der Waals surface area contributed by atoms with Crippen LogP contribution in [0, 0.1) is 5.82 Å². The summed E-state index contributed by atoms with van der Waals surface area (Å²) in [4.78, 5) is 0. The van der Waals surface area contributed by atoms with Crippen molar-refractivity contribution in [3.8, 4) is 11.5 Å². The monoisotopic (exact) mass is 299 g/mol. The van der Waals surface area contributed by atoms with Crippen LogP contribution in [0.5, 0.6) is 11.5 Å². The molecule has 5 heteroatoms. The molecule has 0 unspecified atom stereocenters. The maximum absolute atomic E-state index is 13.9. The van der Waals surface area contributed by atoms with E-state index in [2.05, 4.69) is 0 Å². The maximum atomic E-state index is 13.9. The highest BCUT2D eigenvalue weighted by atomic mass is 35.5. The van der Waals surface area contributed by atoms with E-state index in [-0.39, 0.29) is 11.8 Å². The molecular formula is C14H12Cl2FNO. The molecule has 0 radical (unpaired) electrons. The first kappa shape index (κ1) is 14.1. The Morgan fingerprint density at radius 1 is 1.11 bits per heavy atom. The third-order valence-electron chi connectivity index (χ3n) is 2.59. The molecule has 0 bridgehead atoms. The number of benzene rings is 2. The first-order valence-electron chi connectivity index (χ1n) is 5.65. The Balaban J connectivity index is 2.31. The van der Waals surface area contributed by atoms with Gasteiger partial charge in [0.1, 0.15) is 5.75 Å². The third kappa shape index (κ3) is 3.38. The van der Waals surface area contributed by atoms with Crippen LogP contribution in [-0.2, 0) is 0 Å². The second kappa shape index (κ2) is 5.78. The minimum Gasteiger partial charge on any atom is -0.453 e. The van der Waals surface area contributed by atoms with Crippen LogP contribution >= 0.6 is 23.2 Å². The van der Waals surface area contributed by atoms with E-state index >= 15 is 0 Å². The van der Waals surface area contributed by atoms with E-state index in [9.17, 15) is 4.39 Å². The van der Waals surface area contributed by atoms with Gasteiger partial charge in [-0.05, 0) is 36.8 Å². The molecule has 2 N–H and O–H groups in total. The van der Waals surface area contributed by atoms with Crippen molar-refractivity contribution in [3.63, 3.8) is 0 Å². The van der Waals surface area contributed by atoms with Gasteiger partial charge in [0.25, 0.3) is 0 Å². The smallest absolute Gasteiger partial charge is 0.166 e. The summed E-state index contributed by atoms with van der Waals surface area (Å²) < 4.78 is 19.3. The van der Waals surface area contributed by atoms with Crippen molar-refractivity contribution in [1.29, 1.82) is 0 Å². The lowest BCUT2D eigenvalue weighted by atomic mass is 10.1. The predicted octanol–water partition coefficient (Wildman–Crippen LogP) is 4.94. The summed E-state index contributed by atoms with van der Waals surface area (Å²) in [7, 11) is 0. The zero-order chi connectivity index (χ0) is 14.0. The third-order valence-corrected chi connectivity index (χ3v) is 3.14. The van der Waals surface area contributed by atoms with Crippen LogP contribution < -0.4 is 10.5 Å². The fourth-order valence-corrected chi connectivity index (χ4v) is 1.88. The van der Waals surface area contributed by atoms with Crippen molar-refractivity contribution in [1.82, 2.24) is 0 Å². The van der Waals surface area contributed by atoms with Gasteiger partial charge in [-0.3, -0.25) is 0 Å². The molecule has 0 aliphatic heterocycles. The van der Waals surface area contributed by atoms with Gasteiger partial charge in [0.15, 0.2) is 11.6 Å². The normalized spacial score (nSPS) is 12.3. The molecule has 0 aromatic heterocycles. The molecular weight excluding hydrogens is 288 g/mol. The van der Waals surface area contributed by atoms with Gasteiger partial charge in [-0.25, -0.2) is 4.39 Å². The van der Waals surface area contributed by atoms with Crippen LogP contribution in [0.15, 0.2) is 36.4 Å². The van der Waals surface area contributed by atoms with E-state index < -0.39 is 5.82 Å². The fraction of sp³-hybridized carbons (Fsp3) is 0.143. The number of nitrogens with two attached hydrogens (primary N) is 1. The molecule has 0 fully saturated rings. The molecule has 0 heterocycles. The van der Waals surface area contributed by atoms with Crippen molar-refractivity contribution in [2.75, 3.05) is 0 Å². The zero-order valence-corrected chi connectivity index (χ0v) is 11.7. The Labute approximate surface area is 120 Å². The molecule has 2 nitrogen and oxygen atoms in total. The van der Waals surface area contributed by atoms with Crippen molar-refractivity contribution in [3.05, 3.63) is 57.8 Å². The molecule has 0 saturated carbocycles. The molecule has 2 aromatic rings. The average molecular weight is 300 g/mol. The quantitative estimate of drug-likeness (QED) is 0.871. The summed E-state index contributed by atoms with van der Waals surface area (Å²) in [5.41, 5.74) is 6.38. The highest BCUT2D eigenvalue weighted by Crippen LogP contribution is 2.33. The van der Waals surface area contributed by atoms with Gasteiger partial charge in [-0.15, -0.1) is 0 Å². The Bertz CT molecular complexity index is 602. The van der Waals surface area contributed by atoms with E-state index in [4.69, 9.17) is 33.7 Å². The van der Waals surface area contributed by atoms with E-state index in [1.54, 1.807) is 25.1 Å². The lowest BCUT2D eigenvalue weighted by Gasteiger charge is -2.11. The molecule has 2 rings (SSSR count). The lowest BCUT2D eigenvalue weighted by Crippen LogP contribution is -2.05. The first-order chi connectivity index (χ1) is 8.97. The van der Waals surface area contributed by atoms with E-state index in [0.717, 1.165) is 0 Å². The maximum Gasteiger partial charge on any atom is 0.166 e. The summed E-state index contributed by atoms with van der Waals surface area (Å²) in [6.07, 6.45) is 0. The molecule has 1 atom stereocenters. The van der Waals surface area contributed by atoms with E-state index in [1.807, 2.05) is 0 Å². The minimum absolute atomic E-state index is 0.0774. The van der Waals surface area contributed by atoms with Crippen molar-refractivity contribution in [2.45, 2.75) is 13.0 Å². The Morgan fingerprint density at radius 2 is 1.84 bits per heavy atom. The Morgan fingerprint density at radius 3 is 2.47 bits per heavy atom. The van der Waals surface area contributed by atoms with Gasteiger partial charge in [0.05, 0.1) is 5.02 Å². The zero-order valence-electron chi connectivity index (χ0n) is 10.2. The summed E-state index contributed by atoms with van der Waals surface area (Å²) in [5, 5.41) is 0.826. The van der Waals surface area contributed by atoms with Crippen molar-refractivity contribution >= 4 is 23.2 Å². The van der Waals surface area contributed by atoms with E-state index in [1.165, 1.54) is 18.2 Å². The molecule has 100 valence electrons. The van der Waals surface area contributed by atoms with Gasteiger partial charge < -0.3 is 10.5 Å². The number of halogens is 3. The molecule has 0 aliphatic carbocycles. The largest absolute Gasteiger partial charge is 0.453 e. The number of ether oxygens (including phenoxy) is 1. The molecule has 0 aliphatic rings. The van der Waals surface area contributed by atoms with Crippen LogP contribution in [0.1, 0.15) is 18.5 Å². The minimum atomic E-state index is -0.495. The van der Waals surface area contributed by atoms with Crippen molar-refractivity contribution < 1.29 is 9.13 Å². The number of rotatable bonds is 3. The molecule has 2 aromatic carbocycles. The van der Waals surface area contributed by atoms with Gasteiger partial charge in [-0.2, -0.15) is 0 Å². The van der Waals surface area contributed by atoms with Crippen molar-refractivity contribution in [2.24, 2.45) is 5.73 Å². The standard InChI is InChI=1S/C14H12Cl2FNO/c1-8(18)9-2-5-13(12(17)6-9)19-14-7-10(15)3-4-11(14)16/h2-8H,18H2,1H3/t8-/m1/s1. The highest BCUT2D eigenvalue weighted by Gasteiger charge is 2.10. The fourth-order valence-electron chi connectivity index (χ4n) is 1.56. The predicted molar refractivity (Wildman–Crippen MR) is 75.5 cm³/mol. The van der Waals surface area contributed by atoms with Crippen LogP contribution in [0.4, 0.5) is 4.39 Å². The van der Waals surface area contributed by atoms with E-state index in [0.29, 0.717) is 21.4 Å². The summed E-state index contributed by atoms with van der Waals surface area (Å²) in [6.45, 7) is 1.78. The first-order valence-corrected chi connectivity index (χ1v) is 6.41. The Kier molecular flexibility index (Phi) is 4.30. The highest BCUT2D eigenvalue weighted by molar-refractivity contribution is 6.34. The van der Waals surface area contributed by atoms with Gasteiger partial charge in [0.2, 0.25) is 0 Å². The average Bonchev–Trinajstić information content (AvgIpc) is 2.36. The van der Waals surface area contributed by atoms with Crippen LogP contribution in [-0.4, -0.2) is 0 Å². The second-order valence-electron chi connectivity index (χ2n) is 4.16. The second-order valence-corrected chi connectivity index (χ2v) is 5.00. The number of hydrogen-bond acceptors (Lipinski definition) is 2.